The fourth-order valence-corrected chi connectivity index (χ4v) is 2.34. The summed E-state index contributed by atoms with van der Waals surface area (Å²) in [5, 5.41) is 8.98. The number of aliphatic carboxylic acids is 1. The number of carboxylic acids is 1. The van der Waals surface area contributed by atoms with E-state index in [0.717, 1.165) is 5.56 Å². The van der Waals surface area contributed by atoms with Gasteiger partial charge >= 0.3 is 5.97 Å². The molecule has 0 saturated carbocycles. The third kappa shape index (κ3) is 3.35. The highest BCUT2D eigenvalue weighted by molar-refractivity contribution is 5.94. The molecule has 7 nitrogen and oxygen atoms in total. The first kappa shape index (κ1) is 15.1. The molecule has 1 aliphatic rings. The Labute approximate surface area is 132 Å². The van der Waals surface area contributed by atoms with Crippen LogP contribution in [0.1, 0.15) is 10.4 Å². The number of benzene rings is 1. The summed E-state index contributed by atoms with van der Waals surface area (Å²) in [7, 11) is 0. The molecule has 0 spiro atoms. The predicted molar refractivity (Wildman–Crippen MR) is 80.7 cm³/mol. The number of hydrogen-bond donors (Lipinski definition) is 1. The molecule has 1 amide bonds. The van der Waals surface area contributed by atoms with Crippen molar-refractivity contribution in [3.63, 3.8) is 0 Å². The molecule has 1 saturated heterocycles. The maximum Gasteiger partial charge on any atom is 0.334 e. The van der Waals surface area contributed by atoms with E-state index in [0.29, 0.717) is 17.9 Å². The molecule has 2 heterocycles. The monoisotopic (exact) mass is 313 g/mol. The summed E-state index contributed by atoms with van der Waals surface area (Å²) in [4.78, 5) is 33.3. The van der Waals surface area contributed by atoms with E-state index in [-0.39, 0.29) is 19.1 Å². The average Bonchev–Trinajstić information content (AvgIpc) is 2.62. The molecule has 0 aliphatic carbocycles. The zero-order valence-corrected chi connectivity index (χ0v) is 12.3. The first-order chi connectivity index (χ1) is 11.1. The van der Waals surface area contributed by atoms with Gasteiger partial charge in [-0.15, -0.1) is 0 Å². The molecule has 23 heavy (non-hydrogen) atoms. The molecule has 118 valence electrons. The van der Waals surface area contributed by atoms with E-state index in [1.807, 2.05) is 30.3 Å². The van der Waals surface area contributed by atoms with Crippen LogP contribution in [0.4, 0.5) is 0 Å². The summed E-state index contributed by atoms with van der Waals surface area (Å²) in [6.45, 7) is 0.573. The maximum atomic E-state index is 12.4. The smallest absolute Gasteiger partial charge is 0.334 e. The van der Waals surface area contributed by atoms with Crippen molar-refractivity contribution in [2.75, 3.05) is 19.7 Å². The molecule has 1 aliphatic heterocycles. The fourth-order valence-electron chi connectivity index (χ4n) is 2.34. The van der Waals surface area contributed by atoms with Crippen LogP contribution in [0.5, 0.6) is 0 Å². The summed E-state index contributed by atoms with van der Waals surface area (Å²) < 4.78 is 5.11. The second kappa shape index (κ2) is 6.53. The van der Waals surface area contributed by atoms with Crippen molar-refractivity contribution in [2.45, 2.75) is 6.10 Å². The number of nitrogens with zero attached hydrogens (tertiary/aromatic N) is 3. The van der Waals surface area contributed by atoms with Gasteiger partial charge in [0, 0.05) is 24.5 Å². The number of carbonyl (C=O) groups excluding carboxylic acids is 1. The van der Waals surface area contributed by atoms with E-state index in [2.05, 4.69) is 9.97 Å². The molecule has 3 rings (SSSR count). The zero-order valence-electron chi connectivity index (χ0n) is 12.3. The highest BCUT2D eigenvalue weighted by atomic mass is 16.5. The Bertz CT molecular complexity index is 703. The van der Waals surface area contributed by atoms with Crippen LogP contribution in [0.3, 0.4) is 0 Å². The fraction of sp³-hybridized carbons (Fsp3) is 0.250. The molecule has 0 unspecified atom stereocenters. The number of aromatic nitrogens is 2. The number of morpholine rings is 1. The SMILES string of the molecule is O=C(O)[C@@H]1CN(C(=O)c2cnc(-c3ccccc3)nc2)CCO1. The van der Waals surface area contributed by atoms with E-state index in [9.17, 15) is 9.59 Å². The Hall–Kier alpha value is -2.80. The summed E-state index contributed by atoms with van der Waals surface area (Å²) in [5.74, 6) is -0.829. The van der Waals surface area contributed by atoms with Gasteiger partial charge in [0.15, 0.2) is 11.9 Å². The van der Waals surface area contributed by atoms with Crippen LogP contribution in [0, 0.1) is 0 Å². The molecule has 1 atom stereocenters. The largest absolute Gasteiger partial charge is 0.479 e. The molecule has 0 radical (unpaired) electrons. The lowest BCUT2D eigenvalue weighted by molar-refractivity contribution is -0.154. The second-order valence-corrected chi connectivity index (χ2v) is 5.11. The van der Waals surface area contributed by atoms with Crippen molar-refractivity contribution in [2.24, 2.45) is 0 Å². The van der Waals surface area contributed by atoms with Gasteiger partial charge in [-0.25, -0.2) is 14.8 Å². The van der Waals surface area contributed by atoms with Crippen molar-refractivity contribution >= 4 is 11.9 Å². The molecular weight excluding hydrogens is 298 g/mol. The Morgan fingerprint density at radius 3 is 2.52 bits per heavy atom. The van der Waals surface area contributed by atoms with Gasteiger partial charge in [-0.2, -0.15) is 0 Å². The molecule has 7 heteroatoms. The van der Waals surface area contributed by atoms with Crippen LogP contribution in [-0.4, -0.2) is 57.7 Å². The van der Waals surface area contributed by atoms with Gasteiger partial charge < -0.3 is 14.7 Å². The first-order valence-corrected chi connectivity index (χ1v) is 7.16. The average molecular weight is 313 g/mol. The van der Waals surface area contributed by atoms with Crippen LogP contribution in [0.15, 0.2) is 42.7 Å². The molecule has 1 fully saturated rings. The van der Waals surface area contributed by atoms with Gasteiger partial charge in [0.2, 0.25) is 0 Å². The lowest BCUT2D eigenvalue weighted by atomic mass is 10.2. The third-order valence-corrected chi connectivity index (χ3v) is 3.56. The summed E-state index contributed by atoms with van der Waals surface area (Å²) in [6.07, 6.45) is 1.93. The molecule has 0 bridgehead atoms. The number of amides is 1. The van der Waals surface area contributed by atoms with E-state index >= 15 is 0 Å². The van der Waals surface area contributed by atoms with Crippen molar-refractivity contribution in [3.05, 3.63) is 48.3 Å². The van der Waals surface area contributed by atoms with Crippen LogP contribution in [0.25, 0.3) is 11.4 Å². The number of rotatable bonds is 3. The Morgan fingerprint density at radius 1 is 1.17 bits per heavy atom. The number of carbonyl (C=O) groups is 2. The van der Waals surface area contributed by atoms with Crippen molar-refractivity contribution < 1.29 is 19.4 Å². The topological polar surface area (TPSA) is 92.6 Å². The second-order valence-electron chi connectivity index (χ2n) is 5.11. The standard InChI is InChI=1S/C16H15N3O4/c20-15(19-6-7-23-13(10-19)16(21)22)12-8-17-14(18-9-12)11-4-2-1-3-5-11/h1-5,8-9,13H,6-7,10H2,(H,21,22)/t13-/m0/s1. The van der Waals surface area contributed by atoms with E-state index in [1.165, 1.54) is 17.3 Å². The van der Waals surface area contributed by atoms with Crippen LogP contribution < -0.4 is 0 Å². The van der Waals surface area contributed by atoms with Crippen molar-refractivity contribution in [1.82, 2.24) is 14.9 Å². The van der Waals surface area contributed by atoms with Gasteiger partial charge in [0.1, 0.15) is 0 Å². The summed E-state index contributed by atoms with van der Waals surface area (Å²) in [5.41, 5.74) is 1.19. The maximum absolute atomic E-state index is 12.4. The molecule has 1 aromatic carbocycles. The highest BCUT2D eigenvalue weighted by Gasteiger charge is 2.29. The van der Waals surface area contributed by atoms with Crippen LogP contribution >= 0.6 is 0 Å². The molecule has 1 N–H and O–H groups in total. The van der Waals surface area contributed by atoms with Gasteiger partial charge in [0.05, 0.1) is 18.7 Å². The van der Waals surface area contributed by atoms with Gasteiger partial charge in [-0.1, -0.05) is 30.3 Å². The van der Waals surface area contributed by atoms with Crippen LogP contribution in [0.2, 0.25) is 0 Å². The van der Waals surface area contributed by atoms with Gasteiger partial charge in [-0.05, 0) is 0 Å². The summed E-state index contributed by atoms with van der Waals surface area (Å²) in [6, 6.07) is 9.44. The van der Waals surface area contributed by atoms with Gasteiger partial charge in [-0.3, -0.25) is 4.79 Å². The third-order valence-electron chi connectivity index (χ3n) is 3.56. The zero-order chi connectivity index (χ0) is 16.2. The Kier molecular flexibility index (Phi) is 4.29. The lowest BCUT2D eigenvalue weighted by Gasteiger charge is -2.30. The predicted octanol–water partition coefficient (Wildman–Crippen LogP) is 1.07. The van der Waals surface area contributed by atoms with E-state index < -0.39 is 12.1 Å². The highest BCUT2D eigenvalue weighted by Crippen LogP contribution is 2.15. The minimum atomic E-state index is -1.07. The normalized spacial score (nSPS) is 17.7. The first-order valence-electron chi connectivity index (χ1n) is 7.16. The molecular formula is C16H15N3O4. The van der Waals surface area contributed by atoms with Crippen LogP contribution in [-0.2, 0) is 9.53 Å². The van der Waals surface area contributed by atoms with Gasteiger partial charge in [0.25, 0.3) is 5.91 Å². The van der Waals surface area contributed by atoms with E-state index in [4.69, 9.17) is 9.84 Å². The summed E-state index contributed by atoms with van der Waals surface area (Å²) >= 11 is 0. The number of ether oxygens (including phenoxy) is 1. The Morgan fingerprint density at radius 2 is 1.87 bits per heavy atom. The minimum Gasteiger partial charge on any atom is -0.479 e. The van der Waals surface area contributed by atoms with Crippen molar-refractivity contribution in [1.29, 1.82) is 0 Å². The molecule has 1 aromatic heterocycles. The number of hydrogen-bond acceptors (Lipinski definition) is 5. The lowest BCUT2D eigenvalue weighted by Crippen LogP contribution is -2.48. The number of carboxylic acid groups (broad SMARTS) is 1. The van der Waals surface area contributed by atoms with E-state index in [1.54, 1.807) is 0 Å². The minimum absolute atomic E-state index is 0.0224. The quantitative estimate of drug-likeness (QED) is 0.911. The molecule has 2 aromatic rings. The Balaban J connectivity index is 1.74. The van der Waals surface area contributed by atoms with Crippen molar-refractivity contribution in [3.8, 4) is 11.4 Å².